The first-order chi connectivity index (χ1) is 4.56. The van der Waals surface area contributed by atoms with Crippen LogP contribution in [0.15, 0.2) is 0 Å². The number of rotatable bonds is 1. The van der Waals surface area contributed by atoms with E-state index >= 15 is 0 Å². The Balaban J connectivity index is -0.000000126. The van der Waals surface area contributed by atoms with Gasteiger partial charge in [-0.25, -0.2) is 8.42 Å². The smallest absolute Gasteiger partial charge is 0.726 e. The Bertz CT molecular complexity index is 264. The van der Waals surface area contributed by atoms with Gasteiger partial charge in [-0.3, -0.25) is 13.3 Å². The molecule has 11 heteroatoms. The minimum absolute atomic E-state index is 0. The standard InChI is InChI=1S/CH4O4S.Na.H2O4S/c1-5-6(2,3)4;;1-5(2,3)4/h1H3,(H,2,3,4);;(H2,1,2,3,4)/q;+1;/p-1. The molecule has 8 nitrogen and oxygen atoms in total. The Labute approximate surface area is 91.7 Å². The monoisotopic (exact) mass is 232 g/mol. The van der Waals surface area contributed by atoms with Gasteiger partial charge < -0.3 is 4.55 Å². The van der Waals surface area contributed by atoms with Crippen LogP contribution in [0.25, 0.3) is 0 Å². The van der Waals surface area contributed by atoms with Gasteiger partial charge in [0.05, 0.1) is 7.11 Å². The molecular formula is CH5NaO8S2. The second kappa shape index (κ2) is 7.17. The van der Waals surface area contributed by atoms with E-state index in [1.807, 2.05) is 0 Å². The molecule has 0 atom stereocenters. The summed E-state index contributed by atoms with van der Waals surface area (Å²) in [5.74, 6) is 0. The topological polar surface area (TPSA) is 141 Å². The van der Waals surface area contributed by atoms with Crippen molar-refractivity contribution in [1.29, 1.82) is 0 Å². The van der Waals surface area contributed by atoms with Crippen LogP contribution < -0.4 is 29.6 Å². The summed E-state index contributed by atoms with van der Waals surface area (Å²) in [7, 11) is -8.27. The van der Waals surface area contributed by atoms with Crippen molar-refractivity contribution in [3.05, 3.63) is 0 Å². The largest absolute Gasteiger partial charge is 1.00 e. The van der Waals surface area contributed by atoms with E-state index in [4.69, 9.17) is 17.5 Å². The minimum atomic E-state index is -4.67. The summed E-state index contributed by atoms with van der Waals surface area (Å²) < 4.78 is 62.6. The summed E-state index contributed by atoms with van der Waals surface area (Å²) in [6, 6.07) is 0. The van der Waals surface area contributed by atoms with Crippen LogP contribution in [-0.4, -0.2) is 37.6 Å². The molecule has 0 heterocycles. The zero-order valence-electron chi connectivity index (χ0n) is 6.16. The Morgan fingerprint density at radius 2 is 1.25 bits per heavy atom. The first-order valence-electron chi connectivity index (χ1n) is 1.77. The van der Waals surface area contributed by atoms with Gasteiger partial charge in [0.15, 0.2) is 0 Å². The van der Waals surface area contributed by atoms with Crippen molar-refractivity contribution in [3.8, 4) is 0 Å². The van der Waals surface area contributed by atoms with Crippen LogP contribution in [0.3, 0.4) is 0 Å². The quantitative estimate of drug-likeness (QED) is 0.261. The molecule has 12 heavy (non-hydrogen) atoms. The van der Waals surface area contributed by atoms with Crippen molar-refractivity contribution in [3.63, 3.8) is 0 Å². The molecule has 0 aliphatic rings. The Kier molecular flexibility index (Phi) is 11.1. The summed E-state index contributed by atoms with van der Waals surface area (Å²) in [6.45, 7) is 0. The molecule has 2 N–H and O–H groups in total. The van der Waals surface area contributed by atoms with E-state index < -0.39 is 20.8 Å². The average molecular weight is 232 g/mol. The van der Waals surface area contributed by atoms with Gasteiger partial charge in [-0.15, -0.1) is 0 Å². The molecule has 0 unspecified atom stereocenters. The van der Waals surface area contributed by atoms with E-state index in [9.17, 15) is 13.0 Å². The molecule has 0 fully saturated rings. The molecule has 0 spiro atoms. The third-order valence-corrected chi connectivity index (χ3v) is 0.612. The summed E-state index contributed by atoms with van der Waals surface area (Å²) >= 11 is 0. The predicted molar refractivity (Wildman–Crippen MR) is 30.9 cm³/mol. The van der Waals surface area contributed by atoms with Crippen LogP contribution in [0, 0.1) is 0 Å². The van der Waals surface area contributed by atoms with Gasteiger partial charge in [0, 0.05) is 0 Å². The second-order valence-corrected chi connectivity index (χ2v) is 3.07. The van der Waals surface area contributed by atoms with E-state index in [1.54, 1.807) is 0 Å². The summed E-state index contributed by atoms with van der Waals surface area (Å²) in [4.78, 5) is 0. The van der Waals surface area contributed by atoms with Crippen LogP contribution in [-0.2, 0) is 25.0 Å². The minimum Gasteiger partial charge on any atom is -0.726 e. The molecule has 0 aliphatic heterocycles. The molecule has 0 bridgehead atoms. The molecule has 0 aromatic carbocycles. The van der Waals surface area contributed by atoms with Gasteiger partial charge in [0.1, 0.15) is 0 Å². The van der Waals surface area contributed by atoms with Crippen molar-refractivity contribution >= 4 is 20.8 Å². The van der Waals surface area contributed by atoms with Crippen molar-refractivity contribution in [2.75, 3.05) is 7.11 Å². The van der Waals surface area contributed by atoms with Gasteiger partial charge in [-0.1, -0.05) is 0 Å². The molecule has 0 amide bonds. The summed E-state index contributed by atoms with van der Waals surface area (Å²) in [5.41, 5.74) is 0. The van der Waals surface area contributed by atoms with E-state index in [-0.39, 0.29) is 29.6 Å². The molecular weight excluding hydrogens is 227 g/mol. The zero-order valence-corrected chi connectivity index (χ0v) is 9.79. The van der Waals surface area contributed by atoms with Crippen LogP contribution in [0.4, 0.5) is 0 Å². The predicted octanol–water partition coefficient (Wildman–Crippen LogP) is -4.56. The molecule has 0 rings (SSSR count). The summed E-state index contributed by atoms with van der Waals surface area (Å²) in [5, 5.41) is 0. The molecule has 0 saturated heterocycles. The van der Waals surface area contributed by atoms with E-state index in [2.05, 4.69) is 4.18 Å². The van der Waals surface area contributed by atoms with Gasteiger partial charge >= 0.3 is 40.0 Å². The molecule has 0 aliphatic carbocycles. The fourth-order valence-corrected chi connectivity index (χ4v) is 0. The van der Waals surface area contributed by atoms with Crippen LogP contribution in [0.5, 0.6) is 0 Å². The van der Waals surface area contributed by atoms with Crippen molar-refractivity contribution in [2.24, 2.45) is 0 Å². The van der Waals surface area contributed by atoms with Gasteiger partial charge in [-0.2, -0.15) is 8.42 Å². The first-order valence-corrected chi connectivity index (χ1v) is 4.50. The van der Waals surface area contributed by atoms with Gasteiger partial charge in [-0.05, 0) is 0 Å². The molecule has 0 aromatic rings. The second-order valence-electron chi connectivity index (χ2n) is 1.02. The first kappa shape index (κ1) is 18.5. The van der Waals surface area contributed by atoms with Crippen molar-refractivity contribution in [1.82, 2.24) is 0 Å². The SMILES string of the molecule is COS(=O)(=O)[O-].O=S(=O)(O)O.[Na+]. The molecule has 0 aromatic heterocycles. The third kappa shape index (κ3) is 72.8. The van der Waals surface area contributed by atoms with E-state index in [0.717, 1.165) is 7.11 Å². The molecule has 0 radical (unpaired) electrons. The Hall–Kier alpha value is 0.740. The number of hydrogen-bond donors (Lipinski definition) is 2. The van der Waals surface area contributed by atoms with E-state index in [1.165, 1.54) is 0 Å². The van der Waals surface area contributed by atoms with Crippen LogP contribution in [0.2, 0.25) is 0 Å². The Morgan fingerprint density at radius 3 is 1.25 bits per heavy atom. The maximum absolute atomic E-state index is 9.22. The molecule has 0 saturated carbocycles. The fourth-order valence-electron chi connectivity index (χ4n) is 0. The van der Waals surface area contributed by atoms with Crippen LogP contribution >= 0.6 is 0 Å². The zero-order chi connectivity index (χ0) is 9.71. The van der Waals surface area contributed by atoms with E-state index in [0.29, 0.717) is 0 Å². The normalized spacial score (nSPS) is 10.7. The third-order valence-electron chi connectivity index (χ3n) is 0.204. The van der Waals surface area contributed by atoms with Crippen molar-refractivity contribution < 1.29 is 64.2 Å². The van der Waals surface area contributed by atoms with Crippen LogP contribution in [0.1, 0.15) is 0 Å². The summed E-state index contributed by atoms with van der Waals surface area (Å²) in [6.07, 6.45) is 0. The maximum Gasteiger partial charge on any atom is 1.00 e. The number of hydrogen-bond acceptors (Lipinski definition) is 6. The van der Waals surface area contributed by atoms with Gasteiger partial charge in [0.25, 0.3) is 0 Å². The average Bonchev–Trinajstić information content (AvgIpc) is 1.59. The Morgan fingerprint density at radius 1 is 1.17 bits per heavy atom. The fraction of sp³-hybridized carbons (Fsp3) is 1.00. The van der Waals surface area contributed by atoms with Crippen molar-refractivity contribution in [2.45, 2.75) is 0 Å². The van der Waals surface area contributed by atoms with Gasteiger partial charge in [0.2, 0.25) is 10.4 Å². The maximum atomic E-state index is 9.22. The molecule has 70 valence electrons.